The van der Waals surface area contributed by atoms with Gasteiger partial charge >= 0.3 is 0 Å². The molecule has 0 bridgehead atoms. The molecule has 0 radical (unpaired) electrons. The number of ketones is 1. The lowest BCUT2D eigenvalue weighted by Crippen LogP contribution is -2.15. The summed E-state index contributed by atoms with van der Waals surface area (Å²) in [7, 11) is 1.64. The van der Waals surface area contributed by atoms with Crippen LogP contribution in [-0.4, -0.2) is 18.0 Å². The van der Waals surface area contributed by atoms with Crippen LogP contribution in [0.4, 0.5) is 0 Å². The van der Waals surface area contributed by atoms with Crippen molar-refractivity contribution in [1.29, 1.82) is 0 Å². The van der Waals surface area contributed by atoms with Gasteiger partial charge in [-0.2, -0.15) is 0 Å². The molecule has 0 saturated heterocycles. The van der Waals surface area contributed by atoms with Crippen LogP contribution < -0.4 is 4.74 Å². The molecule has 0 aliphatic heterocycles. The summed E-state index contributed by atoms with van der Waals surface area (Å²) in [5.74, 6) is 1.11. The van der Waals surface area contributed by atoms with Crippen LogP contribution in [0.3, 0.4) is 0 Å². The zero-order valence-electron chi connectivity index (χ0n) is 15.7. The molecule has 3 aromatic rings. The quantitative estimate of drug-likeness (QED) is 0.651. The molecule has 3 aromatic carbocycles. The molecule has 0 fully saturated rings. The average Bonchev–Trinajstić information content (AvgIpc) is 2.70. The maximum Gasteiger partial charge on any atom is 0.174 e. The molecular formula is C24H20O3S. The number of rotatable bonds is 4. The predicted molar refractivity (Wildman–Crippen MR) is 113 cm³/mol. The third kappa shape index (κ3) is 3.56. The van der Waals surface area contributed by atoms with Gasteiger partial charge in [0.05, 0.1) is 12.0 Å². The van der Waals surface area contributed by atoms with E-state index in [-0.39, 0.29) is 11.5 Å². The van der Waals surface area contributed by atoms with Crippen molar-refractivity contribution in [2.75, 3.05) is 7.11 Å². The van der Waals surface area contributed by atoms with E-state index in [2.05, 4.69) is 18.2 Å². The van der Waals surface area contributed by atoms with E-state index in [4.69, 9.17) is 4.74 Å². The van der Waals surface area contributed by atoms with E-state index in [0.29, 0.717) is 6.42 Å². The predicted octanol–water partition coefficient (Wildman–Crippen LogP) is 5.39. The van der Waals surface area contributed by atoms with Crippen molar-refractivity contribution >= 4 is 23.1 Å². The summed E-state index contributed by atoms with van der Waals surface area (Å²) in [5, 5.41) is 9.69. The van der Waals surface area contributed by atoms with Crippen molar-refractivity contribution < 1.29 is 14.6 Å². The number of aryl methyl sites for hydroxylation is 1. The number of allylic oxidation sites excluding steroid dienone is 1. The Labute approximate surface area is 168 Å². The molecule has 0 amide bonds. The Bertz CT molecular complexity index is 1060. The Kier molecular flexibility index (Phi) is 4.97. The summed E-state index contributed by atoms with van der Waals surface area (Å²) in [6.45, 7) is 2.04. The van der Waals surface area contributed by atoms with Crippen molar-refractivity contribution in [1.82, 2.24) is 0 Å². The number of hydrogen-bond acceptors (Lipinski definition) is 4. The number of phenolic OH excluding ortho intramolecular Hbond substituents is 1. The lowest BCUT2D eigenvalue weighted by molar-refractivity contribution is -0.114. The lowest BCUT2D eigenvalue weighted by atomic mass is 9.85. The van der Waals surface area contributed by atoms with E-state index >= 15 is 0 Å². The van der Waals surface area contributed by atoms with Crippen LogP contribution in [0.2, 0.25) is 0 Å². The second-order valence-corrected chi connectivity index (χ2v) is 7.87. The van der Waals surface area contributed by atoms with Crippen LogP contribution >= 0.6 is 11.8 Å². The van der Waals surface area contributed by atoms with Gasteiger partial charge in [-0.1, -0.05) is 47.7 Å². The molecule has 1 aliphatic rings. The Morgan fingerprint density at radius 2 is 1.68 bits per heavy atom. The second-order valence-electron chi connectivity index (χ2n) is 6.79. The molecule has 4 heteroatoms. The number of hydrogen-bond donors (Lipinski definition) is 1. The molecule has 3 nitrogen and oxygen atoms in total. The highest BCUT2D eigenvalue weighted by molar-refractivity contribution is 8.04. The summed E-state index contributed by atoms with van der Waals surface area (Å²) in [5.41, 5.74) is 5.11. The largest absolute Gasteiger partial charge is 0.508 e. The van der Waals surface area contributed by atoms with Crippen molar-refractivity contribution in [3.63, 3.8) is 0 Å². The highest BCUT2D eigenvalue weighted by Gasteiger charge is 2.27. The fourth-order valence-corrected chi connectivity index (χ4v) is 4.44. The van der Waals surface area contributed by atoms with Gasteiger partial charge in [0.1, 0.15) is 11.5 Å². The number of phenols is 1. The minimum atomic E-state index is 0.113. The lowest BCUT2D eigenvalue weighted by Gasteiger charge is -2.23. The fourth-order valence-electron chi connectivity index (χ4n) is 3.41. The maximum absolute atomic E-state index is 13.1. The van der Waals surface area contributed by atoms with Gasteiger partial charge in [0.25, 0.3) is 0 Å². The van der Waals surface area contributed by atoms with Crippen LogP contribution in [0.1, 0.15) is 22.3 Å². The van der Waals surface area contributed by atoms with Crippen molar-refractivity contribution in [2.45, 2.75) is 18.2 Å². The van der Waals surface area contributed by atoms with Gasteiger partial charge in [0.2, 0.25) is 0 Å². The van der Waals surface area contributed by atoms with Crippen LogP contribution in [0, 0.1) is 6.92 Å². The van der Waals surface area contributed by atoms with Crippen LogP contribution in [0.15, 0.2) is 76.5 Å². The van der Waals surface area contributed by atoms with Crippen LogP contribution in [0.5, 0.6) is 11.5 Å². The summed E-state index contributed by atoms with van der Waals surface area (Å²) in [4.78, 5) is 14.8. The zero-order valence-corrected chi connectivity index (χ0v) is 16.5. The standard InChI is InChI=1S/C24H20O3S/c1-15-3-12-21-17(13-15)14-22(26)24(23(21)16-4-6-18(25)7-5-16)28-20-10-8-19(27-2)9-11-20/h3-13,25H,14H2,1-2H3. The van der Waals surface area contributed by atoms with E-state index in [1.54, 1.807) is 19.2 Å². The minimum absolute atomic E-state index is 0.113. The van der Waals surface area contributed by atoms with Crippen molar-refractivity contribution in [3.05, 3.63) is 93.9 Å². The highest BCUT2D eigenvalue weighted by atomic mass is 32.2. The molecule has 4 rings (SSSR count). The first-order valence-electron chi connectivity index (χ1n) is 9.04. The monoisotopic (exact) mass is 388 g/mol. The number of ether oxygens (including phenoxy) is 1. The Hall–Kier alpha value is -2.98. The summed E-state index contributed by atoms with van der Waals surface area (Å²) in [6, 6.07) is 21.0. The Balaban J connectivity index is 1.87. The molecule has 140 valence electrons. The number of aromatic hydroxyl groups is 1. The molecule has 0 spiro atoms. The number of fused-ring (bicyclic) bond motifs is 1. The number of Topliss-reactive ketones (excluding diaryl/α,β-unsaturated/α-hetero) is 1. The smallest absolute Gasteiger partial charge is 0.174 e. The number of methoxy groups -OCH3 is 1. The minimum Gasteiger partial charge on any atom is -0.508 e. The second kappa shape index (κ2) is 7.56. The first kappa shape index (κ1) is 18.4. The zero-order chi connectivity index (χ0) is 19.7. The van der Waals surface area contributed by atoms with Gasteiger partial charge in [0.15, 0.2) is 5.78 Å². The summed E-state index contributed by atoms with van der Waals surface area (Å²) < 4.78 is 5.23. The fraction of sp³-hybridized carbons (Fsp3) is 0.125. The van der Waals surface area contributed by atoms with Gasteiger partial charge in [-0.25, -0.2) is 0 Å². The molecule has 0 unspecified atom stereocenters. The Morgan fingerprint density at radius 1 is 0.964 bits per heavy atom. The number of thioether (sulfide) groups is 1. The molecular weight excluding hydrogens is 368 g/mol. The van der Waals surface area contributed by atoms with Gasteiger partial charge in [-0.15, -0.1) is 0 Å². The van der Waals surface area contributed by atoms with Gasteiger partial charge in [0, 0.05) is 16.9 Å². The third-order valence-corrected chi connectivity index (χ3v) is 5.94. The van der Waals surface area contributed by atoms with E-state index in [1.807, 2.05) is 43.3 Å². The third-order valence-electron chi connectivity index (χ3n) is 4.80. The molecule has 0 aromatic heterocycles. The normalized spacial score (nSPS) is 13.4. The molecule has 1 N–H and O–H groups in total. The van der Waals surface area contributed by atoms with E-state index in [1.165, 1.54) is 11.8 Å². The van der Waals surface area contributed by atoms with Crippen molar-refractivity contribution in [2.24, 2.45) is 0 Å². The van der Waals surface area contributed by atoms with Crippen molar-refractivity contribution in [3.8, 4) is 11.5 Å². The molecule has 1 aliphatic carbocycles. The maximum atomic E-state index is 13.1. The SMILES string of the molecule is COc1ccc(SC2=C(c3ccc(O)cc3)c3ccc(C)cc3CC2=O)cc1. The van der Waals surface area contributed by atoms with E-state index in [9.17, 15) is 9.90 Å². The first-order valence-corrected chi connectivity index (χ1v) is 9.85. The molecule has 28 heavy (non-hydrogen) atoms. The summed E-state index contributed by atoms with van der Waals surface area (Å²) >= 11 is 1.48. The molecule has 0 atom stereocenters. The average molecular weight is 388 g/mol. The van der Waals surface area contributed by atoms with Crippen LogP contribution in [0.25, 0.3) is 5.57 Å². The van der Waals surface area contributed by atoms with Gasteiger partial charge in [-0.3, -0.25) is 4.79 Å². The highest BCUT2D eigenvalue weighted by Crippen LogP contribution is 2.42. The number of carbonyl (C=O) groups is 1. The van der Waals surface area contributed by atoms with Crippen LogP contribution in [-0.2, 0) is 11.2 Å². The molecule has 0 heterocycles. The number of benzene rings is 3. The number of carbonyl (C=O) groups excluding carboxylic acids is 1. The first-order chi connectivity index (χ1) is 13.5. The Morgan fingerprint density at radius 3 is 2.36 bits per heavy atom. The van der Waals surface area contributed by atoms with Gasteiger partial charge in [-0.05, 0) is 60.0 Å². The van der Waals surface area contributed by atoms with Gasteiger partial charge < -0.3 is 9.84 Å². The molecule has 0 saturated carbocycles. The summed E-state index contributed by atoms with van der Waals surface area (Å²) in [6.07, 6.45) is 0.400. The van der Waals surface area contributed by atoms with E-state index in [0.717, 1.165) is 43.4 Å². The van der Waals surface area contributed by atoms with E-state index < -0.39 is 0 Å². The topological polar surface area (TPSA) is 46.5 Å².